The molecule has 23 heavy (non-hydrogen) atoms. The summed E-state index contributed by atoms with van der Waals surface area (Å²) in [6, 6.07) is 7.39. The molecule has 1 aliphatic rings. The first kappa shape index (κ1) is 17.8. The molecule has 1 aromatic rings. The first-order valence-corrected chi connectivity index (χ1v) is 8.68. The maximum Gasteiger partial charge on any atom is 0.309 e. The van der Waals surface area contributed by atoms with E-state index in [0.717, 1.165) is 4.47 Å². The molecule has 5 nitrogen and oxygen atoms in total. The molecule has 1 fully saturated rings. The average Bonchev–Trinajstić information content (AvgIpc) is 2.56. The molecule has 0 aliphatic carbocycles. The van der Waals surface area contributed by atoms with Crippen LogP contribution in [0.5, 0.6) is 5.75 Å². The van der Waals surface area contributed by atoms with Gasteiger partial charge in [-0.15, -0.1) is 0 Å². The van der Waals surface area contributed by atoms with Crippen LogP contribution >= 0.6 is 15.9 Å². The number of hydrogen-bond acceptors (Lipinski definition) is 4. The number of carbonyl (C=O) groups is 2. The lowest BCUT2D eigenvalue weighted by Gasteiger charge is -2.32. The molecule has 1 heterocycles. The van der Waals surface area contributed by atoms with E-state index >= 15 is 0 Å². The minimum Gasteiger partial charge on any atom is -0.481 e. The minimum atomic E-state index is -0.546. The highest BCUT2D eigenvalue weighted by atomic mass is 79.9. The van der Waals surface area contributed by atoms with Gasteiger partial charge in [0.1, 0.15) is 5.75 Å². The number of halogens is 1. The van der Waals surface area contributed by atoms with Crippen molar-refractivity contribution >= 4 is 27.8 Å². The van der Waals surface area contributed by atoms with Gasteiger partial charge in [0.15, 0.2) is 6.10 Å². The van der Waals surface area contributed by atoms with Gasteiger partial charge in [-0.3, -0.25) is 9.59 Å². The zero-order valence-corrected chi connectivity index (χ0v) is 15.0. The molecule has 2 rings (SSSR count). The van der Waals surface area contributed by atoms with Crippen LogP contribution in [0.25, 0.3) is 0 Å². The van der Waals surface area contributed by atoms with E-state index in [4.69, 9.17) is 9.47 Å². The summed E-state index contributed by atoms with van der Waals surface area (Å²) in [6.07, 6.45) is 0.751. The fourth-order valence-corrected chi connectivity index (χ4v) is 2.88. The molecular weight excluding hydrogens is 362 g/mol. The van der Waals surface area contributed by atoms with Gasteiger partial charge in [-0.25, -0.2) is 0 Å². The van der Waals surface area contributed by atoms with Crippen molar-refractivity contribution in [1.29, 1.82) is 0 Å². The van der Waals surface area contributed by atoms with Gasteiger partial charge in [-0.2, -0.15) is 0 Å². The van der Waals surface area contributed by atoms with Crippen LogP contribution in [-0.2, 0) is 14.3 Å². The number of rotatable bonds is 5. The fourth-order valence-electron chi connectivity index (χ4n) is 2.62. The number of carbonyl (C=O) groups excluding carboxylic acids is 2. The standard InChI is InChI=1S/C17H22BrNO4/c1-3-22-17(21)13-8-10-19(11-9-13)16(20)12(2)23-15-6-4-14(18)5-7-15/h4-7,12-13H,3,8-11H2,1-2H3/t12-/m1/s1. The van der Waals surface area contributed by atoms with Crippen LogP contribution in [0.4, 0.5) is 0 Å². The highest BCUT2D eigenvalue weighted by molar-refractivity contribution is 9.10. The summed E-state index contributed by atoms with van der Waals surface area (Å²) in [6.45, 7) is 5.09. The van der Waals surface area contributed by atoms with E-state index in [1.807, 2.05) is 24.3 Å². The molecule has 0 spiro atoms. The van der Waals surface area contributed by atoms with Crippen LogP contribution in [-0.4, -0.2) is 42.6 Å². The van der Waals surface area contributed by atoms with E-state index in [2.05, 4.69) is 15.9 Å². The zero-order valence-electron chi connectivity index (χ0n) is 13.5. The fraction of sp³-hybridized carbons (Fsp3) is 0.529. The lowest BCUT2D eigenvalue weighted by atomic mass is 9.97. The SMILES string of the molecule is CCOC(=O)C1CCN(C(=O)[C@@H](C)Oc2ccc(Br)cc2)CC1. The van der Waals surface area contributed by atoms with Gasteiger partial charge >= 0.3 is 5.97 Å². The largest absolute Gasteiger partial charge is 0.481 e. The molecular formula is C17H22BrNO4. The Kier molecular flexibility index (Phi) is 6.45. The molecule has 0 saturated carbocycles. The predicted octanol–water partition coefficient (Wildman–Crippen LogP) is 3.02. The maximum atomic E-state index is 12.4. The van der Waals surface area contributed by atoms with Gasteiger partial charge in [0.05, 0.1) is 12.5 Å². The van der Waals surface area contributed by atoms with Crippen molar-refractivity contribution in [2.24, 2.45) is 5.92 Å². The molecule has 1 aromatic carbocycles. The Bertz CT molecular complexity index is 538. The van der Waals surface area contributed by atoms with E-state index in [-0.39, 0.29) is 17.8 Å². The summed E-state index contributed by atoms with van der Waals surface area (Å²) in [5.41, 5.74) is 0. The smallest absolute Gasteiger partial charge is 0.309 e. The molecule has 1 saturated heterocycles. The van der Waals surface area contributed by atoms with Gasteiger partial charge in [0.2, 0.25) is 0 Å². The molecule has 0 unspecified atom stereocenters. The lowest BCUT2D eigenvalue weighted by Crippen LogP contribution is -2.45. The summed E-state index contributed by atoms with van der Waals surface area (Å²) in [5.74, 6) is 0.367. The number of ether oxygens (including phenoxy) is 2. The number of hydrogen-bond donors (Lipinski definition) is 0. The van der Waals surface area contributed by atoms with Crippen LogP contribution in [0.2, 0.25) is 0 Å². The predicted molar refractivity (Wildman–Crippen MR) is 90.2 cm³/mol. The average molecular weight is 384 g/mol. The second kappa shape index (κ2) is 8.34. The third-order valence-corrected chi connectivity index (χ3v) is 4.43. The van der Waals surface area contributed by atoms with Crippen molar-refractivity contribution in [3.05, 3.63) is 28.7 Å². The Labute approximate surface area is 145 Å². The van der Waals surface area contributed by atoms with E-state index in [1.54, 1.807) is 18.7 Å². The Morgan fingerprint density at radius 3 is 2.43 bits per heavy atom. The topological polar surface area (TPSA) is 55.8 Å². The normalized spacial score (nSPS) is 16.7. The Balaban J connectivity index is 1.84. The van der Waals surface area contributed by atoms with Gasteiger partial charge in [0, 0.05) is 17.6 Å². The Morgan fingerprint density at radius 1 is 1.26 bits per heavy atom. The molecule has 1 aliphatic heterocycles. The first-order chi connectivity index (χ1) is 11.0. The molecule has 1 atom stereocenters. The second-order valence-corrected chi connectivity index (χ2v) is 6.48. The van der Waals surface area contributed by atoms with Crippen molar-refractivity contribution < 1.29 is 19.1 Å². The summed E-state index contributed by atoms with van der Waals surface area (Å²) in [7, 11) is 0. The molecule has 0 N–H and O–H groups in total. The van der Waals surface area contributed by atoms with Crippen LogP contribution in [0.15, 0.2) is 28.7 Å². The molecule has 126 valence electrons. The van der Waals surface area contributed by atoms with E-state index < -0.39 is 6.10 Å². The van der Waals surface area contributed by atoms with E-state index in [0.29, 0.717) is 38.3 Å². The van der Waals surface area contributed by atoms with Crippen molar-refractivity contribution in [1.82, 2.24) is 4.90 Å². The molecule has 6 heteroatoms. The number of amides is 1. The summed E-state index contributed by atoms with van der Waals surface area (Å²) in [4.78, 5) is 25.9. The summed E-state index contributed by atoms with van der Waals surface area (Å²) >= 11 is 3.36. The molecule has 0 radical (unpaired) electrons. The van der Waals surface area contributed by atoms with Crippen molar-refractivity contribution in [2.75, 3.05) is 19.7 Å². The lowest BCUT2D eigenvalue weighted by molar-refractivity contribution is -0.152. The van der Waals surface area contributed by atoms with Crippen molar-refractivity contribution in [3.8, 4) is 5.75 Å². The number of likely N-dealkylation sites (tertiary alicyclic amines) is 1. The number of nitrogens with zero attached hydrogens (tertiary/aromatic N) is 1. The maximum absolute atomic E-state index is 12.4. The molecule has 0 aromatic heterocycles. The van der Waals surface area contributed by atoms with Gasteiger partial charge in [-0.05, 0) is 51.0 Å². The van der Waals surface area contributed by atoms with Gasteiger partial charge < -0.3 is 14.4 Å². The third kappa shape index (κ3) is 4.96. The van der Waals surface area contributed by atoms with Gasteiger partial charge in [-0.1, -0.05) is 15.9 Å². The van der Waals surface area contributed by atoms with Crippen molar-refractivity contribution in [2.45, 2.75) is 32.8 Å². The molecule has 1 amide bonds. The highest BCUT2D eigenvalue weighted by Gasteiger charge is 2.30. The first-order valence-electron chi connectivity index (χ1n) is 7.89. The van der Waals surface area contributed by atoms with E-state index in [1.165, 1.54) is 0 Å². The van der Waals surface area contributed by atoms with Crippen LogP contribution in [0, 0.1) is 5.92 Å². The monoisotopic (exact) mass is 383 g/mol. The summed E-state index contributed by atoms with van der Waals surface area (Å²) in [5, 5.41) is 0. The zero-order chi connectivity index (χ0) is 16.8. The third-order valence-electron chi connectivity index (χ3n) is 3.90. The minimum absolute atomic E-state index is 0.0461. The summed E-state index contributed by atoms with van der Waals surface area (Å²) < 4.78 is 11.7. The highest BCUT2D eigenvalue weighted by Crippen LogP contribution is 2.21. The van der Waals surface area contributed by atoms with Crippen LogP contribution in [0.1, 0.15) is 26.7 Å². The number of benzene rings is 1. The van der Waals surface area contributed by atoms with E-state index in [9.17, 15) is 9.59 Å². The Morgan fingerprint density at radius 2 is 1.87 bits per heavy atom. The Hall–Kier alpha value is -1.56. The number of esters is 1. The quantitative estimate of drug-likeness (QED) is 0.733. The van der Waals surface area contributed by atoms with Crippen LogP contribution in [0.3, 0.4) is 0 Å². The molecule has 0 bridgehead atoms. The van der Waals surface area contributed by atoms with Crippen molar-refractivity contribution in [3.63, 3.8) is 0 Å². The number of piperidine rings is 1. The van der Waals surface area contributed by atoms with Gasteiger partial charge in [0.25, 0.3) is 5.91 Å². The second-order valence-electron chi connectivity index (χ2n) is 5.57. The van der Waals surface area contributed by atoms with Crippen LogP contribution < -0.4 is 4.74 Å².